The third-order valence-corrected chi connectivity index (χ3v) is 4.04. The molecule has 0 aliphatic heterocycles. The third kappa shape index (κ3) is 2.77. The fourth-order valence-corrected chi connectivity index (χ4v) is 2.29. The molecule has 0 atom stereocenters. The lowest BCUT2D eigenvalue weighted by Gasteiger charge is -1.99. The fraction of sp³-hybridized carbons (Fsp3) is 0. The molecule has 21 heavy (non-hydrogen) atoms. The Morgan fingerprint density at radius 2 is 2.00 bits per heavy atom. The van der Waals surface area contributed by atoms with Crippen LogP contribution in [0.15, 0.2) is 45.4 Å². The summed E-state index contributed by atoms with van der Waals surface area (Å²) in [5.74, 6) is -0.0744. The zero-order valence-corrected chi connectivity index (χ0v) is 12.8. The van der Waals surface area contributed by atoms with Crippen molar-refractivity contribution in [3.63, 3.8) is 0 Å². The summed E-state index contributed by atoms with van der Waals surface area (Å²) in [6.07, 6.45) is 0. The van der Waals surface area contributed by atoms with E-state index >= 15 is 0 Å². The number of benzene rings is 2. The molecule has 0 saturated heterocycles. The van der Waals surface area contributed by atoms with Gasteiger partial charge < -0.3 is 10.3 Å². The normalized spacial score (nSPS) is 10.8. The molecule has 3 aromatic rings. The summed E-state index contributed by atoms with van der Waals surface area (Å²) < 4.78 is 19.7. The van der Waals surface area contributed by atoms with E-state index in [9.17, 15) is 4.39 Å². The predicted molar refractivity (Wildman–Crippen MR) is 82.3 cm³/mol. The number of anilines is 1. The molecular formula is C14H8BrClFN3O. The molecule has 7 heteroatoms. The third-order valence-electron chi connectivity index (χ3n) is 2.83. The molecular weight excluding hydrogens is 361 g/mol. The molecule has 1 heterocycles. The van der Waals surface area contributed by atoms with Gasteiger partial charge in [-0.25, -0.2) is 4.39 Å². The smallest absolute Gasteiger partial charge is 0.261 e. The largest absolute Gasteiger partial charge is 0.399 e. The van der Waals surface area contributed by atoms with Crippen LogP contribution in [0.3, 0.4) is 0 Å². The summed E-state index contributed by atoms with van der Waals surface area (Å²) in [7, 11) is 0. The van der Waals surface area contributed by atoms with Crippen LogP contribution in [0, 0.1) is 5.82 Å². The lowest BCUT2D eigenvalue weighted by atomic mass is 10.2. The topological polar surface area (TPSA) is 64.9 Å². The van der Waals surface area contributed by atoms with Crippen molar-refractivity contribution >= 4 is 33.2 Å². The van der Waals surface area contributed by atoms with Crippen LogP contribution in [0.1, 0.15) is 0 Å². The monoisotopic (exact) mass is 367 g/mol. The van der Waals surface area contributed by atoms with Crippen molar-refractivity contribution in [3.8, 4) is 22.8 Å². The average molecular weight is 369 g/mol. The predicted octanol–water partition coefficient (Wildman–Crippen LogP) is 4.54. The highest BCUT2D eigenvalue weighted by Gasteiger charge is 2.15. The molecule has 0 aliphatic rings. The second-order valence-corrected chi connectivity index (χ2v) is 5.55. The molecule has 0 amide bonds. The number of nitrogens with two attached hydrogens (primary N) is 1. The Bertz CT molecular complexity index is 822. The van der Waals surface area contributed by atoms with Gasteiger partial charge in [0.15, 0.2) is 0 Å². The molecule has 0 radical (unpaired) electrons. The maximum Gasteiger partial charge on any atom is 0.261 e. The molecule has 1 aromatic heterocycles. The Hall–Kier alpha value is -1.92. The van der Waals surface area contributed by atoms with Gasteiger partial charge in [-0.1, -0.05) is 16.8 Å². The molecule has 0 spiro atoms. The number of halogens is 3. The van der Waals surface area contributed by atoms with Crippen molar-refractivity contribution in [2.24, 2.45) is 0 Å². The summed E-state index contributed by atoms with van der Waals surface area (Å²) in [4.78, 5) is 4.19. The Kier molecular flexibility index (Phi) is 3.65. The van der Waals surface area contributed by atoms with E-state index < -0.39 is 5.82 Å². The molecule has 0 aliphatic carbocycles. The standard InChI is InChI=1S/C14H8BrClFN3O/c15-10-5-7(1-4-11(10)16)13-19-14(21-20-13)9-3-2-8(18)6-12(9)17/h1-6H,18H2. The fourth-order valence-electron chi connectivity index (χ4n) is 1.79. The minimum absolute atomic E-state index is 0.0913. The summed E-state index contributed by atoms with van der Waals surface area (Å²) in [5.41, 5.74) is 6.75. The molecule has 2 aromatic carbocycles. The minimum atomic E-state index is -0.512. The van der Waals surface area contributed by atoms with Crippen molar-refractivity contribution < 1.29 is 8.91 Å². The van der Waals surface area contributed by atoms with E-state index in [-0.39, 0.29) is 11.5 Å². The number of nitrogens with zero attached hydrogens (tertiary/aromatic N) is 2. The van der Waals surface area contributed by atoms with Crippen LogP contribution in [0.2, 0.25) is 5.02 Å². The van der Waals surface area contributed by atoms with Gasteiger partial charge in [0.2, 0.25) is 5.82 Å². The summed E-state index contributed by atoms with van der Waals surface area (Å²) >= 11 is 9.25. The Morgan fingerprint density at radius 1 is 1.19 bits per heavy atom. The minimum Gasteiger partial charge on any atom is -0.399 e. The van der Waals surface area contributed by atoms with E-state index in [4.69, 9.17) is 21.9 Å². The van der Waals surface area contributed by atoms with Gasteiger partial charge in [-0.15, -0.1) is 0 Å². The number of hydrogen-bond acceptors (Lipinski definition) is 4. The first-order valence-electron chi connectivity index (χ1n) is 5.89. The van der Waals surface area contributed by atoms with E-state index in [1.807, 2.05) is 0 Å². The molecule has 2 N–H and O–H groups in total. The zero-order valence-electron chi connectivity index (χ0n) is 10.5. The lowest BCUT2D eigenvalue weighted by Crippen LogP contribution is -1.89. The van der Waals surface area contributed by atoms with E-state index in [1.54, 1.807) is 24.3 Å². The van der Waals surface area contributed by atoms with Gasteiger partial charge in [0.1, 0.15) is 5.82 Å². The Morgan fingerprint density at radius 3 is 2.71 bits per heavy atom. The number of nitrogen functional groups attached to an aromatic ring is 1. The van der Waals surface area contributed by atoms with Gasteiger partial charge in [-0.2, -0.15) is 4.98 Å². The van der Waals surface area contributed by atoms with Crippen LogP contribution in [-0.2, 0) is 0 Å². The molecule has 106 valence electrons. The van der Waals surface area contributed by atoms with Gasteiger partial charge in [0, 0.05) is 15.7 Å². The SMILES string of the molecule is Nc1ccc(-c2nc(-c3ccc(Cl)c(Br)c3)no2)c(F)c1. The first-order chi connectivity index (χ1) is 10.0. The summed E-state index contributed by atoms with van der Waals surface area (Å²) in [6.45, 7) is 0. The van der Waals surface area contributed by atoms with Gasteiger partial charge >= 0.3 is 0 Å². The van der Waals surface area contributed by atoms with Gasteiger partial charge in [0.05, 0.1) is 10.6 Å². The van der Waals surface area contributed by atoms with E-state index in [1.165, 1.54) is 12.1 Å². The first-order valence-corrected chi connectivity index (χ1v) is 7.06. The lowest BCUT2D eigenvalue weighted by molar-refractivity contribution is 0.429. The Labute approximate surface area is 132 Å². The second kappa shape index (κ2) is 5.46. The first kappa shape index (κ1) is 14.0. The second-order valence-electron chi connectivity index (χ2n) is 4.29. The van der Waals surface area contributed by atoms with E-state index in [0.717, 1.165) is 0 Å². The van der Waals surface area contributed by atoms with Gasteiger partial charge in [-0.3, -0.25) is 0 Å². The van der Waals surface area contributed by atoms with Gasteiger partial charge in [-0.05, 0) is 52.3 Å². The molecule has 0 saturated carbocycles. The Balaban J connectivity index is 2.01. The number of aromatic nitrogens is 2. The van der Waals surface area contributed by atoms with Crippen LogP contribution in [-0.4, -0.2) is 10.1 Å². The van der Waals surface area contributed by atoms with Crippen LogP contribution >= 0.6 is 27.5 Å². The molecule has 3 rings (SSSR count). The maximum atomic E-state index is 13.8. The number of rotatable bonds is 2. The van der Waals surface area contributed by atoms with E-state index in [2.05, 4.69) is 26.1 Å². The van der Waals surface area contributed by atoms with Crippen molar-refractivity contribution in [1.29, 1.82) is 0 Å². The molecule has 0 fully saturated rings. The van der Waals surface area contributed by atoms with Crippen LogP contribution in [0.25, 0.3) is 22.8 Å². The molecule has 0 bridgehead atoms. The highest BCUT2D eigenvalue weighted by atomic mass is 79.9. The van der Waals surface area contributed by atoms with Crippen molar-refractivity contribution in [2.45, 2.75) is 0 Å². The number of hydrogen-bond donors (Lipinski definition) is 1. The van der Waals surface area contributed by atoms with E-state index in [0.29, 0.717) is 26.6 Å². The quantitative estimate of drug-likeness (QED) is 0.674. The average Bonchev–Trinajstić information content (AvgIpc) is 2.91. The highest BCUT2D eigenvalue weighted by Crippen LogP contribution is 2.29. The van der Waals surface area contributed by atoms with Crippen LogP contribution in [0.4, 0.5) is 10.1 Å². The molecule has 0 unspecified atom stereocenters. The van der Waals surface area contributed by atoms with Crippen LogP contribution in [0.5, 0.6) is 0 Å². The van der Waals surface area contributed by atoms with Crippen molar-refractivity contribution in [1.82, 2.24) is 10.1 Å². The summed E-state index contributed by atoms with van der Waals surface area (Å²) in [6, 6.07) is 9.50. The summed E-state index contributed by atoms with van der Waals surface area (Å²) in [5, 5.41) is 4.43. The van der Waals surface area contributed by atoms with Crippen LogP contribution < -0.4 is 5.73 Å². The maximum absolute atomic E-state index is 13.8. The van der Waals surface area contributed by atoms with Crippen molar-refractivity contribution in [3.05, 3.63) is 51.7 Å². The zero-order chi connectivity index (χ0) is 15.0. The highest BCUT2D eigenvalue weighted by molar-refractivity contribution is 9.10. The molecule has 4 nitrogen and oxygen atoms in total. The van der Waals surface area contributed by atoms with Crippen molar-refractivity contribution in [2.75, 3.05) is 5.73 Å². The van der Waals surface area contributed by atoms with Gasteiger partial charge in [0.25, 0.3) is 5.89 Å².